The highest BCUT2D eigenvalue weighted by molar-refractivity contribution is 6.31. The highest BCUT2D eigenvalue weighted by Crippen LogP contribution is 2.31. The number of amides is 4. The summed E-state index contributed by atoms with van der Waals surface area (Å²) in [6.07, 6.45) is 1.05. The van der Waals surface area contributed by atoms with Crippen LogP contribution in [-0.2, 0) is 22.6 Å². The lowest BCUT2D eigenvalue weighted by Gasteiger charge is -2.37. The zero-order valence-electron chi connectivity index (χ0n) is 17.8. The van der Waals surface area contributed by atoms with Crippen molar-refractivity contribution in [2.75, 3.05) is 13.1 Å². The molecule has 2 aromatic carbocycles. The number of urea groups is 1. The first kappa shape index (κ1) is 21.4. The van der Waals surface area contributed by atoms with Crippen LogP contribution < -0.4 is 5.32 Å². The Morgan fingerprint density at radius 2 is 1.77 bits per heavy atom. The van der Waals surface area contributed by atoms with E-state index in [0.29, 0.717) is 31.0 Å². The van der Waals surface area contributed by atoms with Gasteiger partial charge in [0.1, 0.15) is 5.54 Å². The van der Waals surface area contributed by atoms with Crippen LogP contribution in [0.5, 0.6) is 0 Å². The van der Waals surface area contributed by atoms with Crippen LogP contribution in [0.2, 0.25) is 5.02 Å². The highest BCUT2D eigenvalue weighted by atomic mass is 35.5. The molecule has 2 heterocycles. The second-order valence-corrected chi connectivity index (χ2v) is 8.89. The van der Waals surface area contributed by atoms with Gasteiger partial charge in [0.25, 0.3) is 5.91 Å². The van der Waals surface area contributed by atoms with Crippen LogP contribution in [-0.4, -0.2) is 46.3 Å². The summed E-state index contributed by atoms with van der Waals surface area (Å²) in [4.78, 5) is 41.7. The predicted octanol–water partition coefficient (Wildman–Crippen LogP) is 3.61. The lowest BCUT2D eigenvalue weighted by molar-refractivity contribution is -0.138. The Morgan fingerprint density at radius 1 is 1.06 bits per heavy atom. The maximum absolute atomic E-state index is 13.2. The molecule has 2 aliphatic heterocycles. The third-order valence-corrected chi connectivity index (χ3v) is 6.72. The first-order valence-electron chi connectivity index (χ1n) is 10.5. The van der Waals surface area contributed by atoms with Gasteiger partial charge in [0, 0.05) is 18.1 Å². The summed E-state index contributed by atoms with van der Waals surface area (Å²) in [6.45, 7) is 5.08. The Bertz CT molecular complexity index is 1040. The summed E-state index contributed by atoms with van der Waals surface area (Å²) in [7, 11) is 0. The molecule has 1 N–H and O–H groups in total. The van der Waals surface area contributed by atoms with Gasteiger partial charge < -0.3 is 10.2 Å². The Labute approximate surface area is 187 Å². The van der Waals surface area contributed by atoms with Crippen molar-refractivity contribution in [2.24, 2.45) is 0 Å². The number of rotatable bonds is 4. The lowest BCUT2D eigenvalue weighted by Crippen LogP contribution is -2.56. The number of carbonyl (C=O) groups excluding carboxylic acids is 3. The first-order chi connectivity index (χ1) is 14.8. The molecule has 6 nitrogen and oxygen atoms in total. The molecule has 2 aromatic rings. The molecule has 7 heteroatoms. The topological polar surface area (TPSA) is 69.7 Å². The minimum atomic E-state index is -0.921. The van der Waals surface area contributed by atoms with E-state index >= 15 is 0 Å². The fourth-order valence-corrected chi connectivity index (χ4v) is 4.56. The molecule has 0 aliphatic carbocycles. The molecule has 0 radical (unpaired) electrons. The van der Waals surface area contributed by atoms with E-state index in [4.69, 9.17) is 11.6 Å². The molecule has 0 bridgehead atoms. The van der Waals surface area contributed by atoms with Gasteiger partial charge in [-0.3, -0.25) is 14.5 Å². The molecular formula is C24H26ClN3O3. The lowest BCUT2D eigenvalue weighted by atomic mass is 9.87. The van der Waals surface area contributed by atoms with E-state index in [9.17, 15) is 14.4 Å². The van der Waals surface area contributed by atoms with E-state index in [1.54, 1.807) is 11.0 Å². The van der Waals surface area contributed by atoms with E-state index in [0.717, 1.165) is 22.3 Å². The Kier molecular flexibility index (Phi) is 5.75. The molecule has 2 aliphatic rings. The van der Waals surface area contributed by atoms with Crippen molar-refractivity contribution in [2.45, 2.75) is 45.2 Å². The fraction of sp³-hybridized carbons (Fsp3) is 0.375. The number of likely N-dealkylation sites (tertiary alicyclic amines) is 1. The van der Waals surface area contributed by atoms with Gasteiger partial charge in [-0.2, -0.15) is 0 Å². The van der Waals surface area contributed by atoms with Gasteiger partial charge >= 0.3 is 6.03 Å². The summed E-state index contributed by atoms with van der Waals surface area (Å²) in [5.74, 6) is -0.219. The molecule has 4 amide bonds. The van der Waals surface area contributed by atoms with Crippen LogP contribution in [0.25, 0.3) is 0 Å². The minimum Gasteiger partial charge on any atom is -0.342 e. The smallest absolute Gasteiger partial charge is 0.325 e. The van der Waals surface area contributed by atoms with Crippen molar-refractivity contribution in [3.8, 4) is 0 Å². The number of imide groups is 1. The van der Waals surface area contributed by atoms with Gasteiger partial charge in [0.15, 0.2) is 0 Å². The largest absolute Gasteiger partial charge is 0.342 e. The van der Waals surface area contributed by atoms with Gasteiger partial charge in [-0.25, -0.2) is 4.79 Å². The van der Waals surface area contributed by atoms with Gasteiger partial charge in [0.05, 0.1) is 13.0 Å². The SMILES string of the molecule is Cc1ccc(C)c(CN2C(=O)NC3(CCN(C(=O)Cc4ccccc4Cl)CC3)C2=O)c1. The number of halogens is 1. The van der Waals surface area contributed by atoms with Crippen molar-refractivity contribution >= 4 is 29.4 Å². The summed E-state index contributed by atoms with van der Waals surface area (Å²) in [5, 5.41) is 3.49. The van der Waals surface area contributed by atoms with E-state index in [2.05, 4.69) is 5.32 Å². The van der Waals surface area contributed by atoms with E-state index in [1.165, 1.54) is 4.90 Å². The molecule has 0 unspecified atom stereocenters. The molecule has 0 saturated carbocycles. The van der Waals surface area contributed by atoms with E-state index < -0.39 is 5.54 Å². The highest BCUT2D eigenvalue weighted by Gasteiger charge is 2.52. The van der Waals surface area contributed by atoms with E-state index in [1.807, 2.05) is 50.2 Å². The minimum absolute atomic E-state index is 0.0213. The van der Waals surface area contributed by atoms with Gasteiger partial charge in [-0.15, -0.1) is 0 Å². The molecular weight excluding hydrogens is 414 g/mol. The van der Waals surface area contributed by atoms with Gasteiger partial charge in [-0.1, -0.05) is 53.6 Å². The van der Waals surface area contributed by atoms with Crippen molar-refractivity contribution in [1.82, 2.24) is 15.1 Å². The first-order valence-corrected chi connectivity index (χ1v) is 10.9. The van der Waals surface area contributed by atoms with Crippen LogP contribution in [0.3, 0.4) is 0 Å². The summed E-state index contributed by atoms with van der Waals surface area (Å²) >= 11 is 6.18. The maximum Gasteiger partial charge on any atom is 0.325 e. The Hall–Kier alpha value is -2.86. The molecule has 31 heavy (non-hydrogen) atoms. The van der Waals surface area contributed by atoms with Crippen molar-refractivity contribution in [1.29, 1.82) is 0 Å². The van der Waals surface area contributed by atoms with Crippen LogP contribution in [0.1, 0.15) is 35.1 Å². The van der Waals surface area contributed by atoms with Crippen LogP contribution >= 0.6 is 11.6 Å². The van der Waals surface area contributed by atoms with Crippen molar-refractivity contribution in [3.05, 3.63) is 69.7 Å². The van der Waals surface area contributed by atoms with Gasteiger partial charge in [-0.05, 0) is 49.4 Å². The number of aryl methyl sites for hydroxylation is 2. The third-order valence-electron chi connectivity index (χ3n) is 6.35. The molecule has 2 fully saturated rings. The number of carbonyl (C=O) groups is 3. The average molecular weight is 440 g/mol. The molecule has 0 atom stereocenters. The summed E-state index contributed by atoms with van der Waals surface area (Å²) < 4.78 is 0. The Balaban J connectivity index is 1.41. The summed E-state index contributed by atoms with van der Waals surface area (Å²) in [6, 6.07) is 13.0. The third kappa shape index (κ3) is 4.17. The van der Waals surface area contributed by atoms with Crippen LogP contribution in [0.15, 0.2) is 42.5 Å². The average Bonchev–Trinajstić information content (AvgIpc) is 2.97. The molecule has 162 valence electrons. The molecule has 4 rings (SSSR count). The van der Waals surface area contributed by atoms with Crippen molar-refractivity contribution in [3.63, 3.8) is 0 Å². The predicted molar refractivity (Wildman–Crippen MR) is 119 cm³/mol. The molecule has 2 saturated heterocycles. The second kappa shape index (κ2) is 8.35. The van der Waals surface area contributed by atoms with Crippen molar-refractivity contribution < 1.29 is 14.4 Å². The van der Waals surface area contributed by atoms with Crippen LogP contribution in [0.4, 0.5) is 4.79 Å². The monoisotopic (exact) mass is 439 g/mol. The number of nitrogens with zero attached hydrogens (tertiary/aromatic N) is 2. The fourth-order valence-electron chi connectivity index (χ4n) is 4.35. The number of benzene rings is 2. The van der Waals surface area contributed by atoms with E-state index in [-0.39, 0.29) is 30.8 Å². The Morgan fingerprint density at radius 3 is 2.48 bits per heavy atom. The van der Waals surface area contributed by atoms with Crippen LogP contribution in [0, 0.1) is 13.8 Å². The quantitative estimate of drug-likeness (QED) is 0.740. The standard InChI is InChI=1S/C24H26ClN3O3/c1-16-7-8-17(2)19(13-16)15-28-22(30)24(26-23(28)31)9-11-27(12-10-24)21(29)14-18-5-3-4-6-20(18)25/h3-8,13H,9-12,14-15H2,1-2H3,(H,26,31). The number of hydrogen-bond acceptors (Lipinski definition) is 3. The zero-order chi connectivity index (χ0) is 22.2. The maximum atomic E-state index is 13.2. The zero-order valence-corrected chi connectivity index (χ0v) is 18.5. The number of hydrogen-bond donors (Lipinski definition) is 1. The summed E-state index contributed by atoms with van der Waals surface area (Å²) in [5.41, 5.74) is 2.97. The van der Waals surface area contributed by atoms with Gasteiger partial charge in [0.2, 0.25) is 5.91 Å². The molecule has 0 aromatic heterocycles. The number of piperidine rings is 1. The number of nitrogens with one attached hydrogen (secondary N) is 1. The molecule has 1 spiro atoms. The normalized spacial score (nSPS) is 17.9. The second-order valence-electron chi connectivity index (χ2n) is 8.48.